The highest BCUT2D eigenvalue weighted by molar-refractivity contribution is 7.89. The van der Waals surface area contributed by atoms with E-state index in [1.807, 2.05) is 6.92 Å². The van der Waals surface area contributed by atoms with Gasteiger partial charge in [0.05, 0.1) is 4.90 Å². The summed E-state index contributed by atoms with van der Waals surface area (Å²) in [6.45, 7) is 3.67. The molecule has 0 aromatic carbocycles. The molecule has 1 aromatic rings. The lowest BCUT2D eigenvalue weighted by atomic mass is 10.3. The van der Waals surface area contributed by atoms with Gasteiger partial charge in [0.25, 0.3) is 0 Å². The van der Waals surface area contributed by atoms with Crippen LogP contribution in [0.25, 0.3) is 0 Å². The van der Waals surface area contributed by atoms with Crippen LogP contribution in [0.1, 0.15) is 20.3 Å². The van der Waals surface area contributed by atoms with E-state index in [2.05, 4.69) is 9.71 Å². The number of nitrogens with one attached hydrogen (secondary N) is 2. The standard InChI is InChI=1S/C9H14N2O3S/c1-3-7(2)11-15(13,14)8-4-5-9(12)10-6-8/h4-7,11H,3H2,1-2H3,(H,10,12). The summed E-state index contributed by atoms with van der Waals surface area (Å²) in [6, 6.07) is 2.34. The largest absolute Gasteiger partial charge is 0.328 e. The zero-order valence-corrected chi connectivity index (χ0v) is 9.47. The smallest absolute Gasteiger partial charge is 0.247 e. The first-order chi connectivity index (χ1) is 6.95. The summed E-state index contributed by atoms with van der Waals surface area (Å²) < 4.78 is 25.9. The fourth-order valence-corrected chi connectivity index (χ4v) is 2.27. The van der Waals surface area contributed by atoms with Crippen LogP contribution in [0.5, 0.6) is 0 Å². The van der Waals surface area contributed by atoms with E-state index in [1.165, 1.54) is 18.3 Å². The quantitative estimate of drug-likeness (QED) is 0.788. The Morgan fingerprint density at radius 3 is 2.60 bits per heavy atom. The highest BCUT2D eigenvalue weighted by Crippen LogP contribution is 2.05. The minimum atomic E-state index is -3.51. The van der Waals surface area contributed by atoms with E-state index >= 15 is 0 Å². The minimum Gasteiger partial charge on any atom is -0.328 e. The van der Waals surface area contributed by atoms with Gasteiger partial charge in [-0.15, -0.1) is 0 Å². The zero-order valence-electron chi connectivity index (χ0n) is 8.65. The van der Waals surface area contributed by atoms with Crippen LogP contribution in [-0.2, 0) is 10.0 Å². The lowest BCUT2D eigenvalue weighted by Gasteiger charge is -2.11. The number of hydrogen-bond donors (Lipinski definition) is 2. The first-order valence-corrected chi connectivity index (χ1v) is 6.15. The molecule has 1 unspecified atom stereocenters. The Labute approximate surface area is 88.6 Å². The number of aromatic amines is 1. The van der Waals surface area contributed by atoms with Crippen molar-refractivity contribution in [2.75, 3.05) is 0 Å². The average Bonchev–Trinajstić information content (AvgIpc) is 2.17. The van der Waals surface area contributed by atoms with Gasteiger partial charge in [-0.1, -0.05) is 6.92 Å². The Balaban J connectivity index is 2.96. The zero-order chi connectivity index (χ0) is 11.5. The fraction of sp³-hybridized carbons (Fsp3) is 0.444. The van der Waals surface area contributed by atoms with Crippen molar-refractivity contribution in [1.29, 1.82) is 0 Å². The van der Waals surface area contributed by atoms with Gasteiger partial charge in [0.15, 0.2) is 0 Å². The van der Waals surface area contributed by atoms with Gasteiger partial charge in [0, 0.05) is 18.3 Å². The Hall–Kier alpha value is -1.14. The second-order valence-electron chi connectivity index (χ2n) is 3.32. The van der Waals surface area contributed by atoms with Crippen LogP contribution in [0.4, 0.5) is 0 Å². The van der Waals surface area contributed by atoms with Gasteiger partial charge in [-0.3, -0.25) is 4.79 Å². The van der Waals surface area contributed by atoms with Crippen LogP contribution in [0.15, 0.2) is 28.0 Å². The van der Waals surface area contributed by atoms with Gasteiger partial charge in [-0.25, -0.2) is 13.1 Å². The molecule has 0 amide bonds. The van der Waals surface area contributed by atoms with Crippen molar-refractivity contribution in [3.63, 3.8) is 0 Å². The first-order valence-electron chi connectivity index (χ1n) is 4.67. The van der Waals surface area contributed by atoms with Crippen LogP contribution in [-0.4, -0.2) is 19.4 Å². The Bertz CT molecular complexity index is 458. The molecular formula is C9H14N2O3S. The second kappa shape index (κ2) is 4.59. The summed E-state index contributed by atoms with van der Waals surface area (Å²) in [7, 11) is -3.51. The van der Waals surface area contributed by atoms with Crippen molar-refractivity contribution in [2.24, 2.45) is 0 Å². The topological polar surface area (TPSA) is 79.0 Å². The SMILES string of the molecule is CCC(C)NS(=O)(=O)c1ccc(=O)[nH]c1. The van der Waals surface area contributed by atoms with Crippen LogP contribution in [0, 0.1) is 0 Å². The van der Waals surface area contributed by atoms with Gasteiger partial charge in [0.2, 0.25) is 15.6 Å². The molecule has 0 aliphatic carbocycles. The molecule has 5 nitrogen and oxygen atoms in total. The molecule has 1 atom stereocenters. The summed E-state index contributed by atoms with van der Waals surface area (Å²) >= 11 is 0. The Morgan fingerprint density at radius 2 is 2.13 bits per heavy atom. The third kappa shape index (κ3) is 3.17. The van der Waals surface area contributed by atoms with Gasteiger partial charge in [0.1, 0.15) is 0 Å². The number of H-pyrrole nitrogens is 1. The number of pyridine rings is 1. The average molecular weight is 230 g/mol. The molecule has 0 fully saturated rings. The number of rotatable bonds is 4. The van der Waals surface area contributed by atoms with E-state index in [1.54, 1.807) is 6.92 Å². The summed E-state index contributed by atoms with van der Waals surface area (Å²) in [5.74, 6) is 0. The molecule has 0 saturated heterocycles. The third-order valence-electron chi connectivity index (χ3n) is 2.03. The highest BCUT2D eigenvalue weighted by atomic mass is 32.2. The normalized spacial score (nSPS) is 13.7. The molecule has 0 saturated carbocycles. The van der Waals surface area contributed by atoms with E-state index in [9.17, 15) is 13.2 Å². The maximum Gasteiger partial charge on any atom is 0.247 e. The minimum absolute atomic E-state index is 0.0717. The number of hydrogen-bond acceptors (Lipinski definition) is 3. The Morgan fingerprint density at radius 1 is 1.47 bits per heavy atom. The van der Waals surface area contributed by atoms with E-state index < -0.39 is 10.0 Å². The molecule has 0 aliphatic heterocycles. The lowest BCUT2D eigenvalue weighted by Crippen LogP contribution is -2.32. The molecule has 2 N–H and O–H groups in total. The monoisotopic (exact) mass is 230 g/mol. The lowest BCUT2D eigenvalue weighted by molar-refractivity contribution is 0.555. The van der Waals surface area contributed by atoms with Gasteiger partial charge in [-0.2, -0.15) is 0 Å². The van der Waals surface area contributed by atoms with Gasteiger partial charge >= 0.3 is 0 Å². The van der Waals surface area contributed by atoms with Gasteiger partial charge < -0.3 is 4.98 Å². The fourth-order valence-electron chi connectivity index (χ4n) is 0.980. The number of sulfonamides is 1. The first kappa shape index (κ1) is 11.9. The molecule has 0 spiro atoms. The Kier molecular flexibility index (Phi) is 3.65. The molecule has 0 radical (unpaired) electrons. The molecule has 0 bridgehead atoms. The third-order valence-corrected chi connectivity index (χ3v) is 3.62. The predicted octanol–water partition coefficient (Wildman–Crippen LogP) is 0.452. The molecule has 1 rings (SSSR count). The summed E-state index contributed by atoms with van der Waals surface area (Å²) in [5, 5.41) is 0. The van der Waals surface area contributed by atoms with Crippen LogP contribution < -0.4 is 10.3 Å². The second-order valence-corrected chi connectivity index (χ2v) is 5.03. The maximum atomic E-state index is 11.7. The van der Waals surface area contributed by atoms with E-state index in [4.69, 9.17) is 0 Å². The van der Waals surface area contributed by atoms with E-state index in [-0.39, 0.29) is 16.5 Å². The summed E-state index contributed by atoms with van der Waals surface area (Å²) in [6.07, 6.45) is 1.90. The van der Waals surface area contributed by atoms with Crippen molar-refractivity contribution < 1.29 is 8.42 Å². The molecular weight excluding hydrogens is 216 g/mol. The van der Waals surface area contributed by atoms with Crippen molar-refractivity contribution >= 4 is 10.0 Å². The summed E-state index contributed by atoms with van der Waals surface area (Å²) in [5.41, 5.74) is -0.322. The summed E-state index contributed by atoms with van der Waals surface area (Å²) in [4.78, 5) is 13.2. The van der Waals surface area contributed by atoms with Crippen LogP contribution in [0.2, 0.25) is 0 Å². The molecule has 0 aliphatic rings. The molecule has 6 heteroatoms. The maximum absolute atomic E-state index is 11.7. The van der Waals surface area contributed by atoms with Crippen molar-refractivity contribution in [3.05, 3.63) is 28.7 Å². The van der Waals surface area contributed by atoms with Gasteiger partial charge in [-0.05, 0) is 19.4 Å². The molecule has 1 aromatic heterocycles. The van der Waals surface area contributed by atoms with Crippen molar-refractivity contribution in [3.8, 4) is 0 Å². The predicted molar refractivity (Wildman–Crippen MR) is 57.1 cm³/mol. The number of aromatic nitrogens is 1. The van der Waals surface area contributed by atoms with Crippen LogP contribution in [0.3, 0.4) is 0 Å². The molecule has 84 valence electrons. The van der Waals surface area contributed by atoms with Crippen molar-refractivity contribution in [1.82, 2.24) is 9.71 Å². The van der Waals surface area contributed by atoms with Crippen molar-refractivity contribution in [2.45, 2.75) is 31.2 Å². The van der Waals surface area contributed by atoms with E-state index in [0.29, 0.717) is 6.42 Å². The molecule has 1 heterocycles. The van der Waals surface area contributed by atoms with E-state index in [0.717, 1.165) is 0 Å². The molecule has 15 heavy (non-hydrogen) atoms. The highest BCUT2D eigenvalue weighted by Gasteiger charge is 2.15. The van der Waals surface area contributed by atoms with Crippen LogP contribution >= 0.6 is 0 Å².